The van der Waals surface area contributed by atoms with E-state index in [1.54, 1.807) is 4.68 Å². The highest BCUT2D eigenvalue weighted by Crippen LogP contribution is 2.29. The summed E-state index contributed by atoms with van der Waals surface area (Å²) in [5.41, 5.74) is 7.25. The number of halogens is 1. The maximum atomic E-state index is 12.5. The van der Waals surface area contributed by atoms with Gasteiger partial charge in [-0.3, -0.25) is 9.48 Å². The third-order valence-electron chi connectivity index (χ3n) is 4.13. The Hall–Kier alpha value is -0.870. The van der Waals surface area contributed by atoms with E-state index in [0.29, 0.717) is 11.4 Å². The van der Waals surface area contributed by atoms with Crippen LogP contribution in [0.4, 0.5) is 0 Å². The first kappa shape index (κ1) is 14.5. The lowest BCUT2D eigenvalue weighted by Gasteiger charge is -2.31. The number of aromatic nitrogens is 2. The predicted octanol–water partition coefficient (Wildman–Crippen LogP) is 2.41. The Morgan fingerprint density at radius 2 is 2.05 bits per heavy atom. The minimum atomic E-state index is -0.655. The van der Waals surface area contributed by atoms with Gasteiger partial charge >= 0.3 is 0 Å². The number of hydrogen-bond acceptors (Lipinski definition) is 3. The Kier molecular flexibility index (Phi) is 4.31. The number of ketones is 1. The van der Waals surface area contributed by atoms with E-state index < -0.39 is 5.54 Å². The number of aryl methyl sites for hydroxylation is 2. The van der Waals surface area contributed by atoms with E-state index in [9.17, 15) is 4.79 Å². The predicted molar refractivity (Wildman–Crippen MR) is 76.3 cm³/mol. The summed E-state index contributed by atoms with van der Waals surface area (Å²) in [4.78, 5) is 12.5. The molecule has 1 fully saturated rings. The number of Topliss-reactive ketones (excluding diaryl/α,β-unsaturated/α-hetero) is 1. The topological polar surface area (TPSA) is 60.9 Å². The van der Waals surface area contributed by atoms with Crippen molar-refractivity contribution in [2.24, 2.45) is 12.8 Å². The highest BCUT2D eigenvalue weighted by molar-refractivity contribution is 6.32. The molecule has 1 aromatic rings. The van der Waals surface area contributed by atoms with Gasteiger partial charge < -0.3 is 5.73 Å². The van der Waals surface area contributed by atoms with Gasteiger partial charge in [0, 0.05) is 7.05 Å². The van der Waals surface area contributed by atoms with Crippen LogP contribution in [0.25, 0.3) is 0 Å². The minimum absolute atomic E-state index is 0.0970. The van der Waals surface area contributed by atoms with Crippen molar-refractivity contribution in [1.29, 1.82) is 0 Å². The zero-order valence-electron chi connectivity index (χ0n) is 11.7. The first-order valence-corrected chi connectivity index (χ1v) is 7.38. The van der Waals surface area contributed by atoms with Crippen LogP contribution in [-0.2, 0) is 24.7 Å². The highest BCUT2D eigenvalue weighted by atomic mass is 35.5. The monoisotopic (exact) mass is 283 g/mol. The second-order valence-electron chi connectivity index (χ2n) is 5.50. The molecule has 0 amide bonds. The van der Waals surface area contributed by atoms with Crippen LogP contribution in [-0.4, -0.2) is 21.1 Å². The molecule has 4 nitrogen and oxygen atoms in total. The largest absolute Gasteiger partial charge is 0.319 e. The molecule has 1 aliphatic carbocycles. The summed E-state index contributed by atoms with van der Waals surface area (Å²) >= 11 is 6.28. The van der Waals surface area contributed by atoms with E-state index in [1.165, 1.54) is 6.42 Å². The van der Waals surface area contributed by atoms with Gasteiger partial charge in [-0.25, -0.2) is 0 Å². The highest BCUT2D eigenvalue weighted by Gasteiger charge is 2.35. The third-order valence-corrected chi connectivity index (χ3v) is 4.57. The van der Waals surface area contributed by atoms with Gasteiger partial charge in [-0.15, -0.1) is 0 Å². The van der Waals surface area contributed by atoms with Gasteiger partial charge in [0.1, 0.15) is 0 Å². The molecule has 0 saturated heterocycles. The fourth-order valence-electron chi connectivity index (χ4n) is 2.80. The molecule has 1 heterocycles. The molecular weight excluding hydrogens is 262 g/mol. The molecule has 106 valence electrons. The van der Waals surface area contributed by atoms with Crippen LogP contribution in [0.2, 0.25) is 5.02 Å². The Morgan fingerprint density at radius 3 is 2.58 bits per heavy atom. The molecule has 2 rings (SSSR count). The van der Waals surface area contributed by atoms with Gasteiger partial charge in [0.25, 0.3) is 0 Å². The first-order chi connectivity index (χ1) is 8.98. The number of hydrogen-bond donors (Lipinski definition) is 1. The van der Waals surface area contributed by atoms with Crippen LogP contribution in [0, 0.1) is 0 Å². The molecule has 2 N–H and O–H groups in total. The van der Waals surface area contributed by atoms with Crippen molar-refractivity contribution in [3.63, 3.8) is 0 Å². The zero-order valence-corrected chi connectivity index (χ0v) is 12.5. The van der Waals surface area contributed by atoms with Gasteiger partial charge in [-0.05, 0) is 19.3 Å². The van der Waals surface area contributed by atoms with E-state index >= 15 is 0 Å². The summed E-state index contributed by atoms with van der Waals surface area (Å²) in [7, 11) is 1.83. The van der Waals surface area contributed by atoms with Crippen molar-refractivity contribution in [3.05, 3.63) is 16.4 Å². The maximum absolute atomic E-state index is 12.5. The molecule has 0 radical (unpaired) electrons. The average molecular weight is 284 g/mol. The van der Waals surface area contributed by atoms with Crippen molar-refractivity contribution in [1.82, 2.24) is 9.78 Å². The number of carbonyl (C=O) groups is 1. The van der Waals surface area contributed by atoms with E-state index in [2.05, 4.69) is 5.10 Å². The van der Waals surface area contributed by atoms with Crippen LogP contribution < -0.4 is 5.73 Å². The van der Waals surface area contributed by atoms with E-state index in [0.717, 1.165) is 43.5 Å². The van der Waals surface area contributed by atoms with Crippen LogP contribution in [0.15, 0.2) is 0 Å². The number of nitrogens with two attached hydrogens (primary N) is 1. The number of nitrogens with zero attached hydrogens (tertiary/aromatic N) is 2. The maximum Gasteiger partial charge on any atom is 0.158 e. The molecule has 0 unspecified atom stereocenters. The normalized spacial score (nSPS) is 18.5. The Balaban J connectivity index is 2.16. The van der Waals surface area contributed by atoms with Crippen LogP contribution in [0.3, 0.4) is 0 Å². The fourth-order valence-corrected chi connectivity index (χ4v) is 3.16. The third kappa shape index (κ3) is 2.84. The average Bonchev–Trinajstić information content (AvgIpc) is 2.67. The first-order valence-electron chi connectivity index (χ1n) is 7.00. The summed E-state index contributed by atoms with van der Waals surface area (Å²) in [5.74, 6) is 0.0970. The number of rotatable bonds is 4. The Bertz CT molecular complexity index is 475. The molecule has 0 aromatic carbocycles. The number of carbonyl (C=O) groups excluding carboxylic acids is 1. The van der Waals surface area contributed by atoms with Gasteiger partial charge in [-0.1, -0.05) is 37.8 Å². The molecule has 1 aliphatic rings. The molecule has 1 saturated carbocycles. The minimum Gasteiger partial charge on any atom is -0.319 e. The smallest absolute Gasteiger partial charge is 0.158 e. The van der Waals surface area contributed by atoms with E-state index in [4.69, 9.17) is 17.3 Å². The SMILES string of the molecule is CCc1nn(C)c(CC(=O)C2(N)CCCCC2)c1Cl. The summed E-state index contributed by atoms with van der Waals surface area (Å²) in [6.07, 6.45) is 5.92. The van der Waals surface area contributed by atoms with Gasteiger partial charge in [-0.2, -0.15) is 5.10 Å². The molecule has 0 bridgehead atoms. The summed E-state index contributed by atoms with van der Waals surface area (Å²) in [6, 6.07) is 0. The van der Waals surface area contributed by atoms with Crippen LogP contribution in [0.5, 0.6) is 0 Å². The summed E-state index contributed by atoms with van der Waals surface area (Å²) < 4.78 is 1.71. The fraction of sp³-hybridized carbons (Fsp3) is 0.714. The Morgan fingerprint density at radius 1 is 1.42 bits per heavy atom. The van der Waals surface area contributed by atoms with Gasteiger partial charge in [0.05, 0.1) is 28.4 Å². The second-order valence-corrected chi connectivity index (χ2v) is 5.88. The molecule has 1 aromatic heterocycles. The van der Waals surface area contributed by atoms with Crippen molar-refractivity contribution in [2.45, 2.75) is 57.4 Å². The molecule has 0 spiro atoms. The van der Waals surface area contributed by atoms with Gasteiger partial charge in [0.15, 0.2) is 5.78 Å². The lowest BCUT2D eigenvalue weighted by atomic mass is 9.78. The van der Waals surface area contributed by atoms with E-state index in [1.807, 2.05) is 14.0 Å². The molecule has 0 atom stereocenters. The molecule has 5 heteroatoms. The van der Waals surface area contributed by atoms with E-state index in [-0.39, 0.29) is 5.78 Å². The standard InChI is InChI=1S/C14H22ClN3O/c1-3-10-13(15)11(18(2)17-10)9-12(19)14(16)7-5-4-6-8-14/h3-9,16H2,1-2H3. The summed E-state index contributed by atoms with van der Waals surface area (Å²) in [5, 5.41) is 4.96. The molecule has 0 aliphatic heterocycles. The summed E-state index contributed by atoms with van der Waals surface area (Å²) in [6.45, 7) is 2.01. The van der Waals surface area contributed by atoms with Crippen molar-refractivity contribution < 1.29 is 4.79 Å². The van der Waals surface area contributed by atoms with Gasteiger partial charge in [0.2, 0.25) is 0 Å². The van der Waals surface area contributed by atoms with Crippen molar-refractivity contribution >= 4 is 17.4 Å². The second kappa shape index (κ2) is 5.63. The van der Waals surface area contributed by atoms with Crippen molar-refractivity contribution in [2.75, 3.05) is 0 Å². The molecular formula is C14H22ClN3O. The zero-order chi connectivity index (χ0) is 14.0. The van der Waals surface area contributed by atoms with Crippen molar-refractivity contribution in [3.8, 4) is 0 Å². The molecule has 19 heavy (non-hydrogen) atoms. The van der Waals surface area contributed by atoms with Crippen LogP contribution >= 0.6 is 11.6 Å². The lowest BCUT2D eigenvalue weighted by Crippen LogP contribution is -2.50. The quantitative estimate of drug-likeness (QED) is 0.923. The lowest BCUT2D eigenvalue weighted by molar-refractivity contribution is -0.124. The van der Waals surface area contributed by atoms with Crippen LogP contribution in [0.1, 0.15) is 50.4 Å². The Labute approximate surface area is 119 Å².